The van der Waals surface area contributed by atoms with Crippen molar-refractivity contribution in [3.05, 3.63) is 6.07 Å². The molecule has 0 aliphatic carbocycles. The lowest BCUT2D eigenvalue weighted by Gasteiger charge is -2.18. The first-order valence-corrected chi connectivity index (χ1v) is 7.98. The third-order valence-corrected chi connectivity index (χ3v) is 3.32. The van der Waals surface area contributed by atoms with Crippen LogP contribution in [-0.2, 0) is 0 Å². The van der Waals surface area contributed by atoms with Gasteiger partial charge in [-0.15, -0.1) is 0 Å². The van der Waals surface area contributed by atoms with Gasteiger partial charge in [0.25, 0.3) is 0 Å². The third-order valence-electron chi connectivity index (χ3n) is 2.77. The lowest BCUT2D eigenvalue weighted by Crippen LogP contribution is -2.28. The summed E-state index contributed by atoms with van der Waals surface area (Å²) >= 11 is 1.52. The molecule has 0 aliphatic heterocycles. The van der Waals surface area contributed by atoms with E-state index < -0.39 is 0 Å². The molecule has 1 aromatic heterocycles. The molecule has 0 aromatic carbocycles. The number of anilines is 1. The zero-order valence-corrected chi connectivity index (χ0v) is 13.1. The van der Waals surface area contributed by atoms with Crippen LogP contribution < -0.4 is 10.1 Å². The molecule has 5 nitrogen and oxygen atoms in total. The van der Waals surface area contributed by atoms with E-state index in [1.165, 1.54) is 11.8 Å². The van der Waals surface area contributed by atoms with Gasteiger partial charge in [0.2, 0.25) is 5.88 Å². The number of hydrogen-bond donors (Lipinski definition) is 1. The molecular weight excluding hydrogens is 260 g/mol. The third kappa shape index (κ3) is 5.65. The molecule has 0 radical (unpaired) electrons. The molecular formula is C13H24N4OS. The molecule has 0 amide bonds. The number of hydrogen-bond acceptors (Lipinski definition) is 6. The van der Waals surface area contributed by atoms with Gasteiger partial charge >= 0.3 is 0 Å². The average molecular weight is 284 g/mol. The van der Waals surface area contributed by atoms with Gasteiger partial charge in [0.05, 0.1) is 0 Å². The van der Waals surface area contributed by atoms with Crippen molar-refractivity contribution < 1.29 is 4.74 Å². The van der Waals surface area contributed by atoms with Crippen LogP contribution in [0.3, 0.4) is 0 Å². The summed E-state index contributed by atoms with van der Waals surface area (Å²) in [5, 5.41) is 3.92. The first kappa shape index (κ1) is 16.0. The minimum atomic E-state index is 0.641. The van der Waals surface area contributed by atoms with E-state index in [9.17, 15) is 0 Å². The number of likely N-dealkylation sites (N-methyl/N-ethyl adjacent to an activating group) is 1. The van der Waals surface area contributed by atoms with Crippen LogP contribution in [0, 0.1) is 0 Å². The van der Waals surface area contributed by atoms with Crippen molar-refractivity contribution in [2.45, 2.75) is 25.9 Å². The first-order chi connectivity index (χ1) is 9.23. The molecule has 0 spiro atoms. The lowest BCUT2D eigenvalue weighted by molar-refractivity contribution is 0.217. The summed E-state index contributed by atoms with van der Waals surface area (Å²) in [6, 6.07) is 1.85. The lowest BCUT2D eigenvalue weighted by atomic mass is 10.5. The van der Waals surface area contributed by atoms with E-state index >= 15 is 0 Å². The molecule has 0 atom stereocenters. The van der Waals surface area contributed by atoms with Crippen LogP contribution in [0.4, 0.5) is 5.82 Å². The highest BCUT2D eigenvalue weighted by Crippen LogP contribution is 2.18. The van der Waals surface area contributed by atoms with Crippen molar-refractivity contribution in [3.8, 4) is 5.88 Å². The molecule has 1 N–H and O–H groups in total. The number of thioether (sulfide) groups is 1. The van der Waals surface area contributed by atoms with E-state index in [4.69, 9.17) is 4.74 Å². The number of ether oxygens (including phenoxy) is 1. The molecule has 1 aromatic rings. The zero-order valence-electron chi connectivity index (χ0n) is 12.3. The van der Waals surface area contributed by atoms with Crippen molar-refractivity contribution in [1.29, 1.82) is 0 Å². The predicted octanol–water partition coefficient (Wildman–Crippen LogP) is 2.35. The van der Waals surface area contributed by atoms with E-state index in [1.54, 1.807) is 0 Å². The Balaban J connectivity index is 2.58. The van der Waals surface area contributed by atoms with Crippen LogP contribution in [0.25, 0.3) is 0 Å². The smallest absolute Gasteiger partial charge is 0.219 e. The van der Waals surface area contributed by atoms with E-state index in [1.807, 2.05) is 19.2 Å². The van der Waals surface area contributed by atoms with Crippen LogP contribution in [-0.4, -0.2) is 53.9 Å². The monoisotopic (exact) mass is 284 g/mol. The van der Waals surface area contributed by atoms with Gasteiger partial charge in [0, 0.05) is 19.2 Å². The number of nitrogens with one attached hydrogen (secondary N) is 1. The van der Waals surface area contributed by atoms with Crippen molar-refractivity contribution in [2.24, 2.45) is 0 Å². The maximum Gasteiger partial charge on any atom is 0.219 e. The molecule has 0 aliphatic rings. The summed E-state index contributed by atoms with van der Waals surface area (Å²) in [5.74, 6) is 1.46. The van der Waals surface area contributed by atoms with Gasteiger partial charge in [-0.05, 0) is 26.3 Å². The van der Waals surface area contributed by atoms with E-state index in [0.717, 1.165) is 37.2 Å². The van der Waals surface area contributed by atoms with Crippen molar-refractivity contribution >= 4 is 17.6 Å². The fourth-order valence-corrected chi connectivity index (χ4v) is 2.03. The Hall–Kier alpha value is -1.01. The van der Waals surface area contributed by atoms with Crippen LogP contribution in [0.2, 0.25) is 0 Å². The Morgan fingerprint density at radius 2 is 2.00 bits per heavy atom. The summed E-state index contributed by atoms with van der Waals surface area (Å²) in [6.45, 7) is 10.9. The van der Waals surface area contributed by atoms with E-state index in [0.29, 0.717) is 12.5 Å². The van der Waals surface area contributed by atoms with E-state index in [2.05, 4.69) is 34.0 Å². The van der Waals surface area contributed by atoms with E-state index in [-0.39, 0.29) is 0 Å². The zero-order chi connectivity index (χ0) is 14.1. The van der Waals surface area contributed by atoms with Gasteiger partial charge in [0.1, 0.15) is 12.4 Å². The summed E-state index contributed by atoms with van der Waals surface area (Å²) < 4.78 is 5.72. The highest BCUT2D eigenvalue weighted by atomic mass is 32.2. The standard InChI is InChI=1S/C13H24N4OS/c1-5-14-11-10-12(16-13(15-11)19-4)18-9-8-17(6-2)7-3/h10H,5-9H2,1-4H3,(H,14,15,16). The molecule has 1 heterocycles. The molecule has 6 heteroatoms. The minimum Gasteiger partial charge on any atom is -0.476 e. The molecule has 1 rings (SSSR count). The largest absolute Gasteiger partial charge is 0.476 e. The maximum absolute atomic E-state index is 5.72. The Labute approximate surface area is 120 Å². The average Bonchev–Trinajstić information content (AvgIpc) is 2.43. The number of aromatic nitrogens is 2. The second-order valence-corrected chi connectivity index (χ2v) is 4.76. The number of nitrogens with zero attached hydrogens (tertiary/aromatic N) is 3. The van der Waals surface area contributed by atoms with Crippen LogP contribution in [0.15, 0.2) is 11.2 Å². The Bertz CT molecular complexity index is 372. The highest BCUT2D eigenvalue weighted by Gasteiger charge is 2.05. The summed E-state index contributed by atoms with van der Waals surface area (Å²) in [4.78, 5) is 11.0. The fraction of sp³-hybridized carbons (Fsp3) is 0.692. The predicted molar refractivity (Wildman–Crippen MR) is 81.3 cm³/mol. The van der Waals surface area contributed by atoms with Gasteiger partial charge in [-0.3, -0.25) is 0 Å². The molecule has 108 valence electrons. The Morgan fingerprint density at radius 3 is 2.58 bits per heavy atom. The SMILES string of the molecule is CCNc1cc(OCCN(CC)CC)nc(SC)n1. The first-order valence-electron chi connectivity index (χ1n) is 6.75. The molecule has 0 saturated heterocycles. The second-order valence-electron chi connectivity index (χ2n) is 3.98. The molecule has 0 saturated carbocycles. The normalized spacial score (nSPS) is 10.8. The Kier molecular flexibility index (Phi) is 7.59. The van der Waals surface area contributed by atoms with Crippen LogP contribution in [0.5, 0.6) is 5.88 Å². The van der Waals surface area contributed by atoms with Crippen molar-refractivity contribution in [3.63, 3.8) is 0 Å². The fourth-order valence-electron chi connectivity index (χ4n) is 1.66. The molecule has 0 fully saturated rings. The highest BCUT2D eigenvalue weighted by molar-refractivity contribution is 7.98. The molecule has 0 bridgehead atoms. The minimum absolute atomic E-state index is 0.641. The van der Waals surface area contributed by atoms with Gasteiger partial charge in [-0.1, -0.05) is 25.6 Å². The van der Waals surface area contributed by atoms with Gasteiger partial charge in [0.15, 0.2) is 5.16 Å². The second kappa shape index (κ2) is 8.98. The van der Waals surface area contributed by atoms with Crippen LogP contribution >= 0.6 is 11.8 Å². The quantitative estimate of drug-likeness (QED) is 0.555. The van der Waals surface area contributed by atoms with Gasteiger partial charge in [-0.25, -0.2) is 4.98 Å². The Morgan fingerprint density at radius 1 is 1.26 bits per heavy atom. The maximum atomic E-state index is 5.72. The van der Waals surface area contributed by atoms with Gasteiger partial charge < -0.3 is 15.0 Å². The molecule has 19 heavy (non-hydrogen) atoms. The van der Waals surface area contributed by atoms with Crippen molar-refractivity contribution in [1.82, 2.24) is 14.9 Å². The number of rotatable bonds is 9. The van der Waals surface area contributed by atoms with Gasteiger partial charge in [-0.2, -0.15) is 4.98 Å². The van der Waals surface area contributed by atoms with Crippen molar-refractivity contribution in [2.75, 3.05) is 44.4 Å². The van der Waals surface area contributed by atoms with Crippen LogP contribution in [0.1, 0.15) is 20.8 Å². The summed E-state index contributed by atoms with van der Waals surface area (Å²) in [6.07, 6.45) is 1.96. The topological polar surface area (TPSA) is 50.3 Å². The molecule has 0 unspecified atom stereocenters. The summed E-state index contributed by atoms with van der Waals surface area (Å²) in [5.41, 5.74) is 0. The summed E-state index contributed by atoms with van der Waals surface area (Å²) in [7, 11) is 0.